The number of benzene rings is 5. The number of amides is 1. The second-order valence-electron chi connectivity index (χ2n) is 17.5. The van der Waals surface area contributed by atoms with E-state index < -0.39 is 49.2 Å². The highest BCUT2D eigenvalue weighted by molar-refractivity contribution is 7.86. The molecule has 21 heteroatoms. The van der Waals surface area contributed by atoms with Crippen LogP contribution < -0.4 is 44.1 Å². The highest BCUT2D eigenvalue weighted by atomic mass is 32.2. The predicted molar refractivity (Wildman–Crippen MR) is 277 cm³/mol. The number of fused-ring (bicyclic) bond motifs is 6. The Morgan fingerprint density at radius 2 is 1.27 bits per heavy atom. The number of nitrogens with zero attached hydrogens (tertiary/aromatic N) is 3. The lowest BCUT2D eigenvalue weighted by Crippen LogP contribution is -2.50. The smallest absolute Gasteiger partial charge is 0.278 e. The monoisotopic (exact) mass is 1050 g/mol. The maximum absolute atomic E-state index is 14.6. The molecule has 2 heterocycles. The van der Waals surface area contributed by atoms with E-state index in [0.29, 0.717) is 43.2 Å². The molecule has 0 aliphatic carbocycles. The minimum atomic E-state index is -5.03. The van der Waals surface area contributed by atoms with E-state index >= 15 is 0 Å². The Morgan fingerprint density at radius 1 is 0.685 bits per heavy atom. The Balaban J connectivity index is 0.977. The second kappa shape index (κ2) is 23.4. The van der Waals surface area contributed by atoms with Crippen molar-refractivity contribution in [2.45, 2.75) is 56.6 Å². The molecule has 2 aliphatic heterocycles. The lowest BCUT2D eigenvalue weighted by molar-refractivity contribution is -0.0232. The molecule has 0 saturated heterocycles. The molecule has 5 aromatic rings. The summed E-state index contributed by atoms with van der Waals surface area (Å²) < 4.78 is 96.1. The third-order valence-electron chi connectivity index (χ3n) is 13.1. The summed E-state index contributed by atoms with van der Waals surface area (Å²) in [7, 11) is -6.88. The van der Waals surface area contributed by atoms with Gasteiger partial charge in [-0.15, -0.1) is 0 Å². The highest BCUT2D eigenvalue weighted by Crippen LogP contribution is 2.58. The molecule has 3 atom stereocenters. The van der Waals surface area contributed by atoms with Gasteiger partial charge in [-0.1, -0.05) is 42.5 Å². The van der Waals surface area contributed by atoms with Crippen molar-refractivity contribution in [1.29, 1.82) is 0 Å². The zero-order valence-corrected chi connectivity index (χ0v) is 43.4. The summed E-state index contributed by atoms with van der Waals surface area (Å²) >= 11 is 0. The van der Waals surface area contributed by atoms with Crippen molar-refractivity contribution in [1.82, 2.24) is 15.5 Å². The van der Waals surface area contributed by atoms with Gasteiger partial charge in [0.05, 0.1) is 14.2 Å². The maximum Gasteiger partial charge on any atom is 0.278 e. The first kappa shape index (κ1) is 54.6. The van der Waals surface area contributed by atoms with Gasteiger partial charge in [-0.05, 0) is 86.8 Å². The van der Waals surface area contributed by atoms with Crippen LogP contribution >= 0.6 is 0 Å². The highest BCUT2D eigenvalue weighted by Gasteiger charge is 2.56. The number of anilines is 2. The standard InChI is InChI=1S/C52H65N5O14S2/c1-7-55(8-2)36-17-19-41-45(29-36)70-46-30-37(56(9-3)10-4)18-20-42(46)52(41)40-14-12-11-13-39(40)50(59)57(52)26-25-53-23-24-54-31-38(58)32-69-43-22-16-35(28-48(43)68-6)49(73(64,65)66)51(60)71-44-21-15-34(27-47(44)67-5)33-72(61,62)63/h11-22,27-30,38,49,51,53-54,58,60H,7-10,23-26,31-33H2,1-6H3,(H,61,62,63)(H,64,65,66). The van der Waals surface area contributed by atoms with E-state index in [-0.39, 0.29) is 53.2 Å². The number of rotatable bonds is 26. The minimum absolute atomic E-state index is 0.0257. The molecule has 73 heavy (non-hydrogen) atoms. The van der Waals surface area contributed by atoms with Crippen LogP contribution in [0.4, 0.5) is 11.4 Å². The quantitative estimate of drug-likeness (QED) is 0.0225. The predicted octanol–water partition coefficient (Wildman–Crippen LogP) is 5.58. The molecule has 3 unspecified atom stereocenters. The van der Waals surface area contributed by atoms with E-state index in [0.717, 1.165) is 54.2 Å². The topological polar surface area (TPSA) is 246 Å². The van der Waals surface area contributed by atoms with Crippen LogP contribution in [0, 0.1) is 0 Å². The van der Waals surface area contributed by atoms with Crippen molar-refractivity contribution in [3.8, 4) is 34.5 Å². The van der Waals surface area contributed by atoms with E-state index in [1.54, 1.807) is 0 Å². The number of carbonyl (C=O) groups excluding carboxylic acids is 1. The number of hydrogen-bond donors (Lipinski definition) is 6. The van der Waals surface area contributed by atoms with Crippen molar-refractivity contribution in [3.63, 3.8) is 0 Å². The van der Waals surface area contributed by atoms with Gasteiger partial charge in [0.1, 0.15) is 35.5 Å². The Morgan fingerprint density at radius 3 is 1.86 bits per heavy atom. The van der Waals surface area contributed by atoms with Crippen LogP contribution in [0.1, 0.15) is 71.1 Å². The zero-order chi connectivity index (χ0) is 52.7. The summed E-state index contributed by atoms with van der Waals surface area (Å²) in [6.07, 6.45) is -3.19. The number of aliphatic hydroxyl groups is 2. The SMILES string of the molecule is CCN(CC)c1ccc2c(c1)Oc1cc(N(CC)CC)ccc1C21c2ccccc2C(=O)N1CCNCCNCC(O)COc1ccc(C(C(O)Oc2ccc(CS(=O)(=O)O)cc2OC)S(=O)(=O)O)cc1OC. The van der Waals surface area contributed by atoms with Crippen molar-refractivity contribution in [3.05, 3.63) is 130 Å². The lowest BCUT2D eigenvalue weighted by Gasteiger charge is -2.45. The number of methoxy groups -OCH3 is 2. The van der Waals surface area contributed by atoms with E-state index in [2.05, 4.69) is 84.5 Å². The molecule has 394 valence electrons. The van der Waals surface area contributed by atoms with Crippen LogP contribution in [-0.4, -0.2) is 139 Å². The number of nitrogens with one attached hydrogen (secondary N) is 2. The molecule has 0 aromatic heterocycles. The van der Waals surface area contributed by atoms with Crippen molar-refractivity contribution >= 4 is 37.5 Å². The third kappa shape index (κ3) is 11.8. The van der Waals surface area contributed by atoms with E-state index in [4.69, 9.17) is 23.7 Å². The number of carbonyl (C=O) groups is 1. The van der Waals surface area contributed by atoms with Crippen LogP contribution in [0.2, 0.25) is 0 Å². The summed E-state index contributed by atoms with van der Waals surface area (Å²) in [5.41, 5.74) is 4.44. The molecule has 0 bridgehead atoms. The molecule has 1 spiro atoms. The molecule has 6 N–H and O–H groups in total. The molecule has 0 fully saturated rings. The fraction of sp³-hybridized carbons (Fsp3) is 0.404. The Bertz CT molecular complexity index is 2910. The lowest BCUT2D eigenvalue weighted by atomic mass is 9.74. The average molecular weight is 1050 g/mol. The third-order valence-corrected chi connectivity index (χ3v) is 15.0. The van der Waals surface area contributed by atoms with Crippen LogP contribution in [0.5, 0.6) is 34.5 Å². The van der Waals surface area contributed by atoms with Crippen molar-refractivity contribution in [2.24, 2.45) is 0 Å². The molecule has 1 amide bonds. The molecule has 19 nitrogen and oxygen atoms in total. The van der Waals surface area contributed by atoms with Gasteiger partial charge in [0.15, 0.2) is 28.2 Å². The summed E-state index contributed by atoms with van der Waals surface area (Å²) in [5, 5.41) is 26.4. The minimum Gasteiger partial charge on any atom is -0.493 e. The molecular formula is C52H65N5O14S2. The van der Waals surface area contributed by atoms with Crippen LogP contribution in [-0.2, 0) is 31.5 Å². The summed E-state index contributed by atoms with van der Waals surface area (Å²) in [5.74, 6) is 0.490. The molecule has 0 saturated carbocycles. The summed E-state index contributed by atoms with van der Waals surface area (Å²) in [4.78, 5) is 21.1. The van der Waals surface area contributed by atoms with E-state index in [1.807, 2.05) is 29.2 Å². The Labute approximate surface area is 427 Å². The van der Waals surface area contributed by atoms with E-state index in [9.17, 15) is 40.9 Å². The van der Waals surface area contributed by atoms with Crippen LogP contribution in [0.3, 0.4) is 0 Å². The molecular weight excluding hydrogens is 983 g/mol. The van der Waals surface area contributed by atoms with Crippen molar-refractivity contribution < 1.29 is 64.6 Å². The molecule has 5 aromatic carbocycles. The van der Waals surface area contributed by atoms with Crippen molar-refractivity contribution in [2.75, 3.05) is 89.5 Å². The van der Waals surface area contributed by atoms with Gasteiger partial charge in [-0.3, -0.25) is 13.9 Å². The summed E-state index contributed by atoms with van der Waals surface area (Å²) in [6.45, 7) is 13.6. The molecule has 7 rings (SSSR count). The second-order valence-corrected chi connectivity index (χ2v) is 20.5. The fourth-order valence-electron chi connectivity index (χ4n) is 9.67. The van der Waals surface area contributed by atoms with Crippen LogP contribution in [0.15, 0.2) is 97.1 Å². The van der Waals surface area contributed by atoms with Crippen LogP contribution in [0.25, 0.3) is 0 Å². The van der Waals surface area contributed by atoms with E-state index in [1.165, 1.54) is 50.6 Å². The van der Waals surface area contributed by atoms with Gasteiger partial charge in [0.2, 0.25) is 6.29 Å². The number of ether oxygens (including phenoxy) is 5. The van der Waals surface area contributed by atoms with Gasteiger partial charge in [-0.25, -0.2) is 0 Å². The number of aliphatic hydroxyl groups excluding tert-OH is 2. The van der Waals surface area contributed by atoms with Gasteiger partial charge in [-0.2, -0.15) is 16.8 Å². The first-order chi connectivity index (χ1) is 34.9. The normalized spacial score (nSPS) is 14.9. The first-order valence-electron chi connectivity index (χ1n) is 24.1. The zero-order valence-electron chi connectivity index (χ0n) is 41.8. The average Bonchev–Trinajstić information content (AvgIpc) is 3.60. The van der Waals surface area contributed by atoms with Gasteiger partial charge in [0, 0.05) is 99.1 Å². The molecule has 2 aliphatic rings. The van der Waals surface area contributed by atoms with Gasteiger partial charge < -0.3 is 59.2 Å². The summed E-state index contributed by atoms with van der Waals surface area (Å²) in [6, 6.07) is 28.0. The molecule has 0 radical (unpaired) electrons. The Hall–Kier alpha value is -6.17. The number of hydrogen-bond acceptors (Lipinski definition) is 16. The first-order valence-corrected chi connectivity index (χ1v) is 27.2. The fourth-order valence-corrected chi connectivity index (χ4v) is 11.1. The van der Waals surface area contributed by atoms with Gasteiger partial charge in [0.25, 0.3) is 26.1 Å². The maximum atomic E-state index is 14.6. The van der Waals surface area contributed by atoms with Gasteiger partial charge >= 0.3 is 0 Å². The largest absolute Gasteiger partial charge is 0.493 e. The Kier molecular flexibility index (Phi) is 17.5.